The molecule has 0 aliphatic carbocycles. The first kappa shape index (κ1) is 11.4. The van der Waals surface area contributed by atoms with Crippen molar-refractivity contribution in [2.24, 2.45) is 0 Å². The van der Waals surface area contributed by atoms with Crippen LogP contribution in [0.5, 0.6) is 5.75 Å². The summed E-state index contributed by atoms with van der Waals surface area (Å²) in [5.41, 5.74) is 0.130. The van der Waals surface area contributed by atoms with Gasteiger partial charge in [-0.25, -0.2) is 12.7 Å². The number of ether oxygens (including phenoxy) is 1. The Balaban J connectivity index is 2.68. The number of hydrogen-bond acceptors (Lipinski definition) is 4. The highest BCUT2D eigenvalue weighted by Crippen LogP contribution is 2.33. The molecule has 0 N–H and O–H groups in total. The summed E-state index contributed by atoms with van der Waals surface area (Å²) in [6.45, 7) is 0. The SMILES string of the molecule is COc1ccc2c(c1)S(=O)(=O)N(CBr)C2=O. The molecule has 0 radical (unpaired) electrons. The van der Waals surface area contributed by atoms with Crippen molar-refractivity contribution in [3.63, 3.8) is 0 Å². The second kappa shape index (κ2) is 3.74. The molecule has 1 aromatic rings. The third kappa shape index (κ3) is 1.42. The number of rotatable bonds is 2. The molecule has 16 heavy (non-hydrogen) atoms. The van der Waals surface area contributed by atoms with E-state index in [-0.39, 0.29) is 15.9 Å². The molecule has 1 aliphatic rings. The molecular formula is C9H8BrNO4S. The fourth-order valence-electron chi connectivity index (χ4n) is 1.50. The Morgan fingerprint density at radius 3 is 2.69 bits per heavy atom. The number of methoxy groups -OCH3 is 1. The van der Waals surface area contributed by atoms with E-state index in [1.165, 1.54) is 19.2 Å². The molecule has 0 bridgehead atoms. The maximum Gasteiger partial charge on any atom is 0.269 e. The topological polar surface area (TPSA) is 63.7 Å². The van der Waals surface area contributed by atoms with Crippen LogP contribution >= 0.6 is 15.9 Å². The molecular weight excluding hydrogens is 298 g/mol. The zero-order chi connectivity index (χ0) is 11.9. The van der Waals surface area contributed by atoms with Gasteiger partial charge in [-0.05, 0) is 12.1 Å². The average Bonchev–Trinajstić information content (AvgIpc) is 2.46. The van der Waals surface area contributed by atoms with E-state index in [4.69, 9.17) is 4.74 Å². The molecule has 0 aromatic heterocycles. The predicted molar refractivity (Wildman–Crippen MR) is 60.1 cm³/mol. The van der Waals surface area contributed by atoms with Crippen LogP contribution in [0.3, 0.4) is 0 Å². The Kier molecular flexibility index (Phi) is 2.67. The summed E-state index contributed by atoms with van der Waals surface area (Å²) in [6.07, 6.45) is 0. The van der Waals surface area contributed by atoms with Gasteiger partial charge < -0.3 is 4.74 Å². The van der Waals surface area contributed by atoms with Crippen molar-refractivity contribution in [1.29, 1.82) is 0 Å². The zero-order valence-corrected chi connectivity index (χ0v) is 10.7. The molecule has 0 unspecified atom stereocenters. The first-order chi connectivity index (χ1) is 7.52. The monoisotopic (exact) mass is 305 g/mol. The fraction of sp³-hybridized carbons (Fsp3) is 0.222. The Hall–Kier alpha value is -1.08. The van der Waals surface area contributed by atoms with Gasteiger partial charge in [-0.15, -0.1) is 0 Å². The van der Waals surface area contributed by atoms with E-state index in [0.29, 0.717) is 5.75 Å². The summed E-state index contributed by atoms with van der Waals surface area (Å²) in [5.74, 6) is -0.110. The first-order valence-electron chi connectivity index (χ1n) is 4.33. The number of amides is 1. The van der Waals surface area contributed by atoms with Crippen molar-refractivity contribution in [1.82, 2.24) is 4.31 Å². The van der Waals surface area contributed by atoms with Gasteiger partial charge in [-0.2, -0.15) is 0 Å². The van der Waals surface area contributed by atoms with E-state index in [1.807, 2.05) is 0 Å². The van der Waals surface area contributed by atoms with Gasteiger partial charge in [0.05, 0.1) is 18.1 Å². The van der Waals surface area contributed by atoms with Crippen LogP contribution in [0.2, 0.25) is 0 Å². The van der Waals surface area contributed by atoms with E-state index < -0.39 is 15.9 Å². The summed E-state index contributed by atoms with van der Waals surface area (Å²) in [6, 6.07) is 4.37. The van der Waals surface area contributed by atoms with E-state index in [0.717, 1.165) is 4.31 Å². The van der Waals surface area contributed by atoms with Crippen molar-refractivity contribution in [3.8, 4) is 5.75 Å². The normalized spacial score (nSPS) is 17.4. The lowest BCUT2D eigenvalue weighted by molar-refractivity contribution is 0.0888. The van der Waals surface area contributed by atoms with Crippen LogP contribution in [0.25, 0.3) is 0 Å². The molecule has 86 valence electrons. The number of halogens is 1. The van der Waals surface area contributed by atoms with Crippen molar-refractivity contribution in [2.75, 3.05) is 12.6 Å². The standard InChI is InChI=1S/C9H8BrNO4S/c1-15-6-2-3-7-8(4-6)16(13,14)11(5-10)9(7)12/h2-4H,5H2,1H3. The Bertz CT molecular complexity index is 555. The Labute approximate surface area is 101 Å². The van der Waals surface area contributed by atoms with Crippen LogP contribution in [0.15, 0.2) is 23.1 Å². The highest BCUT2D eigenvalue weighted by atomic mass is 79.9. The van der Waals surface area contributed by atoms with Crippen LogP contribution in [0.1, 0.15) is 10.4 Å². The Morgan fingerprint density at radius 1 is 1.44 bits per heavy atom. The second-order valence-corrected chi connectivity index (χ2v) is 5.47. The maximum absolute atomic E-state index is 11.9. The minimum Gasteiger partial charge on any atom is -0.497 e. The first-order valence-corrected chi connectivity index (χ1v) is 6.89. The predicted octanol–water partition coefficient (Wildman–Crippen LogP) is 1.19. The number of carbonyl (C=O) groups is 1. The number of hydrogen-bond donors (Lipinski definition) is 0. The lowest BCUT2D eigenvalue weighted by atomic mass is 10.2. The average molecular weight is 306 g/mol. The molecule has 1 amide bonds. The van der Waals surface area contributed by atoms with Crippen molar-refractivity contribution >= 4 is 31.9 Å². The molecule has 0 fully saturated rings. The molecule has 0 atom stereocenters. The summed E-state index contributed by atoms with van der Waals surface area (Å²) < 4.78 is 29.5. The second-order valence-electron chi connectivity index (χ2n) is 3.14. The minimum absolute atomic E-state index is 0.00343. The summed E-state index contributed by atoms with van der Waals surface area (Å²) in [7, 11) is -2.28. The molecule has 2 rings (SSSR count). The molecule has 0 saturated heterocycles. The zero-order valence-electron chi connectivity index (χ0n) is 8.31. The van der Waals surface area contributed by atoms with Crippen molar-refractivity contribution in [2.45, 2.75) is 4.90 Å². The number of alkyl halides is 1. The molecule has 1 aromatic carbocycles. The number of sulfonamides is 1. The highest BCUT2D eigenvalue weighted by molar-refractivity contribution is 9.09. The van der Waals surface area contributed by atoms with Crippen molar-refractivity contribution in [3.05, 3.63) is 23.8 Å². The van der Waals surface area contributed by atoms with Crippen LogP contribution in [0.4, 0.5) is 0 Å². The van der Waals surface area contributed by atoms with Crippen LogP contribution in [-0.4, -0.2) is 31.2 Å². The molecule has 0 saturated carbocycles. The maximum atomic E-state index is 11.9. The number of fused-ring (bicyclic) bond motifs is 1. The van der Waals surface area contributed by atoms with Gasteiger partial charge in [0.1, 0.15) is 10.6 Å². The summed E-state index contributed by atoms with van der Waals surface area (Å²) in [5, 5.41) is 0. The van der Waals surface area contributed by atoms with Gasteiger partial charge in [-0.1, -0.05) is 15.9 Å². The molecule has 5 nitrogen and oxygen atoms in total. The quantitative estimate of drug-likeness (QED) is 0.608. The van der Waals surface area contributed by atoms with Gasteiger partial charge in [0, 0.05) is 6.07 Å². The van der Waals surface area contributed by atoms with Crippen molar-refractivity contribution < 1.29 is 17.9 Å². The van der Waals surface area contributed by atoms with Crippen LogP contribution in [0, 0.1) is 0 Å². The van der Waals surface area contributed by atoms with Gasteiger partial charge in [0.25, 0.3) is 15.9 Å². The third-order valence-electron chi connectivity index (χ3n) is 2.32. The molecule has 1 heterocycles. The van der Waals surface area contributed by atoms with Crippen LogP contribution < -0.4 is 4.74 Å². The number of carbonyl (C=O) groups excluding carboxylic acids is 1. The third-order valence-corrected chi connectivity index (χ3v) is 4.92. The molecule has 1 aliphatic heterocycles. The summed E-state index contributed by atoms with van der Waals surface area (Å²) in [4.78, 5) is 11.7. The molecule has 7 heteroatoms. The smallest absolute Gasteiger partial charge is 0.269 e. The Morgan fingerprint density at radius 2 is 2.12 bits per heavy atom. The van der Waals surface area contributed by atoms with E-state index >= 15 is 0 Å². The van der Waals surface area contributed by atoms with Gasteiger partial charge in [-0.3, -0.25) is 4.79 Å². The number of nitrogens with zero attached hydrogens (tertiary/aromatic N) is 1. The van der Waals surface area contributed by atoms with E-state index in [9.17, 15) is 13.2 Å². The van der Waals surface area contributed by atoms with Gasteiger partial charge >= 0.3 is 0 Å². The van der Waals surface area contributed by atoms with E-state index in [2.05, 4.69) is 15.9 Å². The van der Waals surface area contributed by atoms with Gasteiger partial charge in [0.2, 0.25) is 0 Å². The fourth-order valence-corrected chi connectivity index (χ4v) is 3.92. The van der Waals surface area contributed by atoms with Gasteiger partial charge in [0.15, 0.2) is 0 Å². The highest BCUT2D eigenvalue weighted by Gasteiger charge is 2.40. The molecule has 0 spiro atoms. The van der Waals surface area contributed by atoms with E-state index in [1.54, 1.807) is 6.07 Å². The number of benzene rings is 1. The van der Waals surface area contributed by atoms with Crippen LogP contribution in [-0.2, 0) is 10.0 Å². The summed E-state index contributed by atoms with van der Waals surface area (Å²) >= 11 is 2.98. The lowest BCUT2D eigenvalue weighted by Gasteiger charge is -2.09. The lowest BCUT2D eigenvalue weighted by Crippen LogP contribution is -2.28. The largest absolute Gasteiger partial charge is 0.497 e. The minimum atomic E-state index is -3.72.